The Labute approximate surface area is 114 Å². The number of nitriles is 1. The van der Waals surface area contributed by atoms with Gasteiger partial charge in [-0.1, -0.05) is 12.1 Å². The van der Waals surface area contributed by atoms with Crippen molar-refractivity contribution >= 4 is 0 Å². The molecule has 1 aromatic carbocycles. The smallest absolute Gasteiger partial charge is 0.145 e. The van der Waals surface area contributed by atoms with E-state index in [1.54, 1.807) is 12.1 Å². The highest BCUT2D eigenvalue weighted by Crippen LogP contribution is 2.19. The molecule has 0 aromatic heterocycles. The standard InChI is InChI=1S/C15H20FN3/c1-18-8-6-14(7-9-18)19(2)11-13-5-3-4-12(10-17)15(13)16/h3-5,14H,6-9,11H2,1-2H3. The predicted octanol–water partition coefficient (Wildman–Crippen LogP) is 2.22. The monoisotopic (exact) mass is 261 g/mol. The largest absolute Gasteiger partial charge is 0.306 e. The maximum absolute atomic E-state index is 14.0. The summed E-state index contributed by atoms with van der Waals surface area (Å²) in [5.74, 6) is -0.371. The Morgan fingerprint density at radius 3 is 2.74 bits per heavy atom. The fraction of sp³-hybridized carbons (Fsp3) is 0.533. The van der Waals surface area contributed by atoms with Gasteiger partial charge in [0.15, 0.2) is 0 Å². The number of hydrogen-bond donors (Lipinski definition) is 0. The number of rotatable bonds is 3. The normalized spacial score (nSPS) is 17.6. The molecule has 4 heteroatoms. The molecule has 3 nitrogen and oxygen atoms in total. The van der Waals surface area contributed by atoms with E-state index < -0.39 is 0 Å². The molecule has 0 amide bonds. The van der Waals surface area contributed by atoms with E-state index in [2.05, 4.69) is 16.8 Å². The Morgan fingerprint density at radius 2 is 2.11 bits per heavy atom. The molecule has 19 heavy (non-hydrogen) atoms. The molecule has 0 radical (unpaired) electrons. The van der Waals surface area contributed by atoms with Crippen LogP contribution in [-0.2, 0) is 6.54 Å². The van der Waals surface area contributed by atoms with E-state index in [1.807, 2.05) is 13.1 Å². The summed E-state index contributed by atoms with van der Waals surface area (Å²) in [5.41, 5.74) is 0.745. The summed E-state index contributed by atoms with van der Waals surface area (Å²) in [6, 6.07) is 7.43. The first kappa shape index (κ1) is 14.0. The summed E-state index contributed by atoms with van der Waals surface area (Å²) in [4.78, 5) is 4.52. The molecular weight excluding hydrogens is 241 g/mol. The van der Waals surface area contributed by atoms with Crippen LogP contribution in [0.15, 0.2) is 18.2 Å². The van der Waals surface area contributed by atoms with E-state index in [0.29, 0.717) is 18.2 Å². The number of hydrogen-bond acceptors (Lipinski definition) is 3. The molecule has 0 unspecified atom stereocenters. The lowest BCUT2D eigenvalue weighted by Gasteiger charge is -2.35. The fourth-order valence-electron chi connectivity index (χ4n) is 2.62. The minimum absolute atomic E-state index is 0.134. The lowest BCUT2D eigenvalue weighted by atomic mass is 10.0. The van der Waals surface area contributed by atoms with E-state index in [4.69, 9.17) is 5.26 Å². The van der Waals surface area contributed by atoms with Gasteiger partial charge in [-0.05, 0) is 46.1 Å². The highest BCUT2D eigenvalue weighted by molar-refractivity contribution is 5.34. The van der Waals surface area contributed by atoms with Crippen LogP contribution in [0, 0.1) is 17.1 Å². The molecule has 1 fully saturated rings. The van der Waals surface area contributed by atoms with Crippen molar-refractivity contribution < 1.29 is 4.39 Å². The molecular formula is C15H20FN3. The number of nitrogens with zero attached hydrogens (tertiary/aromatic N) is 3. The molecule has 1 saturated heterocycles. The summed E-state index contributed by atoms with van der Waals surface area (Å²) >= 11 is 0. The number of likely N-dealkylation sites (tertiary alicyclic amines) is 1. The maximum atomic E-state index is 14.0. The van der Waals surface area contributed by atoms with Gasteiger partial charge in [0.05, 0.1) is 5.56 Å². The first-order valence-electron chi connectivity index (χ1n) is 6.68. The predicted molar refractivity (Wildman–Crippen MR) is 73.1 cm³/mol. The van der Waals surface area contributed by atoms with Crippen LogP contribution in [0.4, 0.5) is 4.39 Å². The van der Waals surface area contributed by atoms with Crippen LogP contribution >= 0.6 is 0 Å². The molecule has 0 saturated carbocycles. The van der Waals surface area contributed by atoms with E-state index in [-0.39, 0.29) is 11.4 Å². The minimum Gasteiger partial charge on any atom is -0.306 e. The maximum Gasteiger partial charge on any atom is 0.145 e. The molecule has 2 rings (SSSR count). The van der Waals surface area contributed by atoms with Gasteiger partial charge < -0.3 is 4.90 Å². The molecule has 0 atom stereocenters. The first-order chi connectivity index (χ1) is 9.11. The van der Waals surface area contributed by atoms with E-state index in [0.717, 1.165) is 25.9 Å². The van der Waals surface area contributed by atoms with Gasteiger partial charge in [-0.2, -0.15) is 5.26 Å². The van der Waals surface area contributed by atoms with Crippen LogP contribution in [-0.4, -0.2) is 43.0 Å². The summed E-state index contributed by atoms with van der Waals surface area (Å²) in [7, 11) is 4.17. The topological polar surface area (TPSA) is 30.3 Å². The molecule has 0 aliphatic carbocycles. The summed E-state index contributed by atoms with van der Waals surface area (Å²) in [5, 5.41) is 8.85. The van der Waals surface area contributed by atoms with Crippen LogP contribution in [0.25, 0.3) is 0 Å². The molecule has 1 heterocycles. The first-order valence-corrected chi connectivity index (χ1v) is 6.68. The summed E-state index contributed by atoms with van der Waals surface area (Å²) in [6.45, 7) is 2.75. The van der Waals surface area contributed by atoms with Crippen LogP contribution in [0.5, 0.6) is 0 Å². The van der Waals surface area contributed by atoms with Crippen molar-refractivity contribution in [2.24, 2.45) is 0 Å². The van der Waals surface area contributed by atoms with Crippen LogP contribution in [0.3, 0.4) is 0 Å². The third-order valence-electron chi connectivity index (χ3n) is 3.93. The second-order valence-electron chi connectivity index (χ2n) is 5.34. The lowest BCUT2D eigenvalue weighted by Crippen LogP contribution is -2.41. The van der Waals surface area contributed by atoms with Crippen molar-refractivity contribution in [1.29, 1.82) is 5.26 Å². The fourth-order valence-corrected chi connectivity index (χ4v) is 2.62. The molecule has 1 aliphatic heterocycles. The van der Waals surface area contributed by atoms with Gasteiger partial charge in [-0.3, -0.25) is 4.90 Å². The zero-order chi connectivity index (χ0) is 13.8. The quantitative estimate of drug-likeness (QED) is 0.836. The number of halogens is 1. The average Bonchev–Trinajstić information content (AvgIpc) is 2.42. The van der Waals surface area contributed by atoms with E-state index in [1.165, 1.54) is 6.07 Å². The highest BCUT2D eigenvalue weighted by Gasteiger charge is 2.21. The molecule has 1 aliphatic rings. The Hall–Kier alpha value is -1.44. The third kappa shape index (κ3) is 3.31. The zero-order valence-electron chi connectivity index (χ0n) is 11.6. The van der Waals surface area contributed by atoms with Crippen molar-refractivity contribution in [3.63, 3.8) is 0 Å². The molecule has 102 valence electrons. The average molecular weight is 261 g/mol. The van der Waals surface area contributed by atoms with Crippen LogP contribution < -0.4 is 0 Å². The van der Waals surface area contributed by atoms with E-state index >= 15 is 0 Å². The van der Waals surface area contributed by atoms with Crippen molar-refractivity contribution in [1.82, 2.24) is 9.80 Å². The van der Waals surface area contributed by atoms with Gasteiger partial charge in [0.1, 0.15) is 11.9 Å². The second-order valence-corrected chi connectivity index (χ2v) is 5.34. The molecule has 0 bridgehead atoms. The number of benzene rings is 1. The third-order valence-corrected chi connectivity index (χ3v) is 3.93. The summed E-state index contributed by atoms with van der Waals surface area (Å²) < 4.78 is 14.0. The highest BCUT2D eigenvalue weighted by atomic mass is 19.1. The van der Waals surface area contributed by atoms with Gasteiger partial charge in [0.25, 0.3) is 0 Å². The summed E-state index contributed by atoms with van der Waals surface area (Å²) in [6.07, 6.45) is 2.24. The molecule has 0 spiro atoms. The van der Waals surface area contributed by atoms with Crippen molar-refractivity contribution in [2.75, 3.05) is 27.2 Å². The van der Waals surface area contributed by atoms with Crippen molar-refractivity contribution in [3.05, 3.63) is 35.1 Å². The van der Waals surface area contributed by atoms with Crippen molar-refractivity contribution in [2.45, 2.75) is 25.4 Å². The molecule has 0 N–H and O–H groups in total. The second kappa shape index (κ2) is 6.14. The Morgan fingerprint density at radius 1 is 1.42 bits per heavy atom. The van der Waals surface area contributed by atoms with Gasteiger partial charge in [0, 0.05) is 18.2 Å². The van der Waals surface area contributed by atoms with Crippen molar-refractivity contribution in [3.8, 4) is 6.07 Å². The Bertz CT molecular complexity index is 473. The number of piperidine rings is 1. The molecule has 1 aromatic rings. The minimum atomic E-state index is -0.371. The van der Waals surface area contributed by atoms with Gasteiger partial charge in [0.2, 0.25) is 0 Å². The Balaban J connectivity index is 2.03. The van der Waals surface area contributed by atoms with Crippen LogP contribution in [0.1, 0.15) is 24.0 Å². The van der Waals surface area contributed by atoms with Gasteiger partial charge in [-0.25, -0.2) is 4.39 Å². The van der Waals surface area contributed by atoms with Gasteiger partial charge in [-0.15, -0.1) is 0 Å². The Kier molecular flexibility index (Phi) is 4.52. The van der Waals surface area contributed by atoms with Gasteiger partial charge >= 0.3 is 0 Å². The lowest BCUT2D eigenvalue weighted by molar-refractivity contribution is 0.138. The van der Waals surface area contributed by atoms with Crippen LogP contribution in [0.2, 0.25) is 0 Å². The SMILES string of the molecule is CN1CCC(N(C)Cc2cccc(C#N)c2F)CC1. The van der Waals surface area contributed by atoms with E-state index in [9.17, 15) is 4.39 Å². The zero-order valence-corrected chi connectivity index (χ0v) is 11.6.